The standard InChI is InChI=1S/C19H41O4P5/c1-8-16-11(3)10(2)12(4)19(22-16)23-18-13(5)15(7)21-17(14(18)6)9-20-27(24)28(25)26/h10-19H,8-9,24-26H2,1-7H3/t10-,11+,12?,13?,14-,15-,16?,17?,18+,19-,27?/m0/s1. The molecule has 2 saturated heterocycles. The number of hydrogen-bond acceptors (Lipinski definition) is 4. The minimum absolute atomic E-state index is 0.0592. The zero-order chi connectivity index (χ0) is 21.2. The van der Waals surface area contributed by atoms with Crippen LogP contribution in [0.2, 0.25) is 0 Å². The Balaban J connectivity index is 2.07. The topological polar surface area (TPSA) is 36.9 Å². The lowest BCUT2D eigenvalue weighted by molar-refractivity contribution is -0.296. The lowest BCUT2D eigenvalue weighted by Crippen LogP contribution is -2.54. The molecule has 0 aromatic heterocycles. The van der Waals surface area contributed by atoms with Crippen molar-refractivity contribution in [3.8, 4) is 0 Å². The van der Waals surface area contributed by atoms with E-state index in [-0.39, 0.29) is 43.6 Å². The van der Waals surface area contributed by atoms with E-state index in [9.17, 15) is 0 Å². The van der Waals surface area contributed by atoms with E-state index >= 15 is 0 Å². The van der Waals surface area contributed by atoms with Gasteiger partial charge in [0.25, 0.3) is 0 Å². The molecular formula is C19H41O4P5. The molecule has 2 heterocycles. The molecule has 0 aromatic carbocycles. The van der Waals surface area contributed by atoms with E-state index in [0.29, 0.717) is 30.3 Å². The van der Waals surface area contributed by atoms with E-state index in [1.807, 2.05) is 0 Å². The van der Waals surface area contributed by atoms with Gasteiger partial charge in [0.15, 0.2) is 6.29 Å². The zero-order valence-electron chi connectivity index (χ0n) is 18.4. The van der Waals surface area contributed by atoms with Gasteiger partial charge in [0.1, 0.15) is 0 Å². The minimum Gasteiger partial charge on any atom is -0.372 e. The highest BCUT2D eigenvalue weighted by Gasteiger charge is 2.45. The molecule has 2 aliphatic rings. The van der Waals surface area contributed by atoms with Crippen LogP contribution in [0.3, 0.4) is 0 Å². The molecule has 0 N–H and O–H groups in total. The summed E-state index contributed by atoms with van der Waals surface area (Å²) in [6.07, 6.45) is 1.51. The van der Waals surface area contributed by atoms with Crippen LogP contribution in [0.25, 0.3) is 0 Å². The molecule has 2 fully saturated rings. The monoisotopic (exact) mass is 488 g/mol. The second-order valence-corrected chi connectivity index (χ2v) is 23.3. The maximum atomic E-state index is 6.71. The summed E-state index contributed by atoms with van der Waals surface area (Å²) in [5.41, 5.74) is 0. The Morgan fingerprint density at radius 3 is 2.00 bits per heavy atom. The Bertz CT molecular complexity index is 483. The average Bonchev–Trinajstić information content (AvgIpc) is 2.66. The smallest absolute Gasteiger partial charge is 0.161 e. The van der Waals surface area contributed by atoms with Gasteiger partial charge in [-0.15, -0.1) is 17.9 Å². The highest BCUT2D eigenvalue weighted by molar-refractivity contribution is 8.80. The van der Waals surface area contributed by atoms with Gasteiger partial charge >= 0.3 is 0 Å². The molecule has 8 unspecified atom stereocenters. The molecule has 0 saturated carbocycles. The van der Waals surface area contributed by atoms with E-state index in [0.717, 1.165) is 6.42 Å². The maximum absolute atomic E-state index is 6.71. The molecule has 2 aliphatic heterocycles. The summed E-state index contributed by atoms with van der Waals surface area (Å²) in [7, 11) is 8.06. The zero-order valence-corrected chi connectivity index (χ0v) is 23.7. The van der Waals surface area contributed by atoms with Crippen molar-refractivity contribution in [2.45, 2.75) is 85.6 Å². The van der Waals surface area contributed by atoms with Crippen molar-refractivity contribution in [1.82, 2.24) is 0 Å². The fourth-order valence-corrected chi connectivity index (χ4v) is 6.89. The van der Waals surface area contributed by atoms with Crippen molar-refractivity contribution in [2.75, 3.05) is 6.61 Å². The third-order valence-electron chi connectivity index (χ3n) is 7.03. The van der Waals surface area contributed by atoms with Crippen molar-refractivity contribution in [1.29, 1.82) is 0 Å². The predicted octanol–water partition coefficient (Wildman–Crippen LogP) is 6.66. The molecule has 14 atom stereocenters. The third-order valence-corrected chi connectivity index (χ3v) is 21.4. The van der Waals surface area contributed by atoms with Crippen LogP contribution in [0, 0.1) is 29.6 Å². The van der Waals surface area contributed by atoms with E-state index in [1.165, 1.54) is 0 Å². The molecule has 0 aromatic rings. The molecule has 0 bridgehead atoms. The van der Waals surface area contributed by atoms with Crippen LogP contribution in [0.5, 0.6) is 0 Å². The van der Waals surface area contributed by atoms with Gasteiger partial charge in [-0.1, -0.05) is 50.5 Å². The molecule has 0 radical (unpaired) electrons. The normalized spacial score (nSPS) is 46.0. The van der Waals surface area contributed by atoms with Crippen LogP contribution in [-0.4, -0.2) is 37.3 Å². The molecule has 166 valence electrons. The first-order valence-electron chi connectivity index (χ1n) is 10.5. The average molecular weight is 488 g/mol. The van der Waals surface area contributed by atoms with Crippen LogP contribution in [0.1, 0.15) is 54.9 Å². The molecule has 28 heavy (non-hydrogen) atoms. The molecular weight excluding hydrogens is 447 g/mol. The number of ether oxygens (including phenoxy) is 3. The first-order chi connectivity index (χ1) is 13.1. The van der Waals surface area contributed by atoms with Gasteiger partial charge in [-0.05, 0) is 32.2 Å². The SMILES string of the molecule is CCC1O[C@@H](O[C@@H]2C(C)[C@H](C)OC(COP(P)P(P)P)[C@@H]2C)C(C)[C@@H](C)[C@H]1C. The summed E-state index contributed by atoms with van der Waals surface area (Å²) in [6, 6.07) is 0. The Morgan fingerprint density at radius 2 is 1.43 bits per heavy atom. The summed E-state index contributed by atoms with van der Waals surface area (Å²) < 4.78 is 25.6. The van der Waals surface area contributed by atoms with Gasteiger partial charge in [-0.25, -0.2) is 0 Å². The molecule has 0 amide bonds. The first-order valence-corrected chi connectivity index (χ1v) is 18.7. The molecule has 0 spiro atoms. The van der Waals surface area contributed by atoms with Crippen LogP contribution in [0.15, 0.2) is 0 Å². The Kier molecular flexibility index (Phi) is 11.0. The van der Waals surface area contributed by atoms with Gasteiger partial charge in [-0.2, -0.15) is 0 Å². The largest absolute Gasteiger partial charge is 0.372 e. The molecule has 9 heteroatoms. The van der Waals surface area contributed by atoms with Crippen LogP contribution in [-0.2, 0) is 18.7 Å². The van der Waals surface area contributed by atoms with Crippen molar-refractivity contribution >= 4 is 41.3 Å². The summed E-state index contributed by atoms with van der Waals surface area (Å²) in [4.78, 5) is 0. The summed E-state index contributed by atoms with van der Waals surface area (Å²) in [5, 5.41) is 0. The second kappa shape index (κ2) is 11.7. The summed E-state index contributed by atoms with van der Waals surface area (Å²) >= 11 is 0. The van der Waals surface area contributed by atoms with Gasteiger partial charge in [0.2, 0.25) is 0 Å². The molecule has 2 rings (SSSR count). The van der Waals surface area contributed by atoms with Crippen molar-refractivity contribution in [3.05, 3.63) is 0 Å². The highest BCUT2D eigenvalue weighted by Crippen LogP contribution is 2.83. The lowest BCUT2D eigenvalue weighted by atomic mass is 9.78. The predicted molar refractivity (Wildman–Crippen MR) is 133 cm³/mol. The van der Waals surface area contributed by atoms with Gasteiger partial charge in [-0.3, -0.25) is 0 Å². The van der Waals surface area contributed by atoms with E-state index in [1.54, 1.807) is 0 Å². The number of rotatable bonds is 7. The fraction of sp³-hybridized carbons (Fsp3) is 1.00. The van der Waals surface area contributed by atoms with E-state index < -0.39 is 7.53 Å². The summed E-state index contributed by atoms with van der Waals surface area (Å²) in [6.45, 7) is 16.2. The molecule has 0 aliphatic carbocycles. The Hall–Kier alpha value is 1.99. The van der Waals surface area contributed by atoms with E-state index in [4.69, 9.17) is 18.7 Å². The first kappa shape index (κ1) is 26.2. The van der Waals surface area contributed by atoms with Crippen LogP contribution >= 0.6 is 41.3 Å². The van der Waals surface area contributed by atoms with E-state index in [2.05, 4.69) is 75.3 Å². The maximum Gasteiger partial charge on any atom is 0.161 e. The Labute approximate surface area is 181 Å². The van der Waals surface area contributed by atoms with Crippen molar-refractivity contribution in [3.63, 3.8) is 0 Å². The number of hydrogen-bond donors (Lipinski definition) is 0. The van der Waals surface area contributed by atoms with Crippen LogP contribution < -0.4 is 0 Å². The second-order valence-electron chi connectivity index (χ2n) is 8.71. The third kappa shape index (κ3) is 6.28. The van der Waals surface area contributed by atoms with Gasteiger partial charge in [0.05, 0.1) is 38.5 Å². The Morgan fingerprint density at radius 1 is 0.786 bits per heavy atom. The lowest BCUT2D eigenvalue weighted by Gasteiger charge is -2.49. The fourth-order valence-electron chi connectivity index (χ4n) is 4.40. The van der Waals surface area contributed by atoms with Crippen LogP contribution in [0.4, 0.5) is 0 Å². The van der Waals surface area contributed by atoms with Gasteiger partial charge < -0.3 is 18.7 Å². The van der Waals surface area contributed by atoms with Crippen molar-refractivity contribution < 1.29 is 18.7 Å². The summed E-state index contributed by atoms with van der Waals surface area (Å²) in [5.74, 6) is 2.15. The highest BCUT2D eigenvalue weighted by atomic mass is 32.8. The quantitative estimate of drug-likeness (QED) is 0.376. The van der Waals surface area contributed by atoms with Gasteiger partial charge in [0, 0.05) is 17.8 Å². The minimum atomic E-state index is -0.504. The van der Waals surface area contributed by atoms with Crippen molar-refractivity contribution in [2.24, 2.45) is 29.6 Å². The molecule has 4 nitrogen and oxygen atoms in total.